The number of hydrogen-bond donors (Lipinski definition) is 1. The molecule has 0 aliphatic heterocycles. The van der Waals surface area contributed by atoms with Gasteiger partial charge in [0.25, 0.3) is 0 Å². The molecule has 0 atom stereocenters. The molecule has 1 aromatic carbocycles. The van der Waals surface area contributed by atoms with E-state index in [1.165, 1.54) is 0 Å². The molecule has 0 aliphatic carbocycles. The van der Waals surface area contributed by atoms with Crippen LogP contribution in [0.1, 0.15) is 10.4 Å². The molecule has 16 heavy (non-hydrogen) atoms. The van der Waals surface area contributed by atoms with Crippen molar-refractivity contribution in [2.75, 3.05) is 0 Å². The number of carboxylic acid groups (broad SMARTS) is 1. The Bertz CT molecular complexity index is 647. The number of carbonyl (C=O) groups is 1. The van der Waals surface area contributed by atoms with Crippen molar-refractivity contribution in [3.8, 4) is 0 Å². The first-order chi connectivity index (χ1) is 7.49. The van der Waals surface area contributed by atoms with E-state index in [2.05, 4.69) is 15.9 Å². The monoisotopic (exact) mass is 286 g/mol. The van der Waals surface area contributed by atoms with Gasteiger partial charge in [0.1, 0.15) is 11.4 Å². The molecular weight excluding hydrogens is 283 g/mol. The lowest BCUT2D eigenvalue weighted by atomic mass is 10.2. The fourth-order valence-corrected chi connectivity index (χ4v) is 1.83. The maximum absolute atomic E-state index is 13.0. The molecule has 0 unspecified atom stereocenters. The summed E-state index contributed by atoms with van der Waals surface area (Å²) in [6.07, 6.45) is 0. The molecule has 0 amide bonds. The first-order valence-corrected chi connectivity index (χ1v) is 4.94. The van der Waals surface area contributed by atoms with Crippen molar-refractivity contribution < 1.29 is 18.7 Å². The van der Waals surface area contributed by atoms with Gasteiger partial charge in [-0.2, -0.15) is 0 Å². The summed E-state index contributed by atoms with van der Waals surface area (Å²) in [6, 6.07) is 3.30. The van der Waals surface area contributed by atoms with Crippen LogP contribution in [0, 0.1) is 5.82 Å². The van der Waals surface area contributed by atoms with Crippen molar-refractivity contribution in [1.29, 1.82) is 0 Å². The Morgan fingerprint density at radius 1 is 1.38 bits per heavy atom. The molecule has 2 aromatic rings. The van der Waals surface area contributed by atoms with E-state index < -0.39 is 23.0 Å². The first-order valence-electron chi connectivity index (χ1n) is 4.15. The van der Waals surface area contributed by atoms with Crippen LogP contribution in [-0.2, 0) is 0 Å². The number of carboxylic acids is 1. The lowest BCUT2D eigenvalue weighted by Gasteiger charge is -2.00. The second kappa shape index (κ2) is 3.71. The zero-order valence-corrected chi connectivity index (χ0v) is 9.25. The Balaban J connectivity index is 2.90. The van der Waals surface area contributed by atoms with Crippen LogP contribution in [0.15, 0.2) is 31.9 Å². The van der Waals surface area contributed by atoms with Gasteiger partial charge in [-0.1, -0.05) is 0 Å². The standard InChI is InChI=1S/C10H4BrFO4/c11-7-3-5(12)1-4-2-6(9(13)14)10(15)16-8(4)7/h1-3H,(H,13,14). The van der Waals surface area contributed by atoms with Gasteiger partial charge in [-0.25, -0.2) is 14.0 Å². The normalized spacial score (nSPS) is 10.6. The smallest absolute Gasteiger partial charge is 0.351 e. The van der Waals surface area contributed by atoms with E-state index >= 15 is 0 Å². The molecule has 1 N–H and O–H groups in total. The number of halogens is 2. The minimum atomic E-state index is -1.41. The number of hydrogen-bond acceptors (Lipinski definition) is 3. The van der Waals surface area contributed by atoms with Crippen molar-refractivity contribution in [3.63, 3.8) is 0 Å². The van der Waals surface area contributed by atoms with Gasteiger partial charge in [-0.05, 0) is 34.1 Å². The highest BCUT2D eigenvalue weighted by molar-refractivity contribution is 9.10. The van der Waals surface area contributed by atoms with E-state index in [4.69, 9.17) is 9.52 Å². The van der Waals surface area contributed by atoms with E-state index in [1.54, 1.807) is 0 Å². The zero-order valence-electron chi connectivity index (χ0n) is 7.66. The number of rotatable bonds is 1. The highest BCUT2D eigenvalue weighted by atomic mass is 79.9. The van der Waals surface area contributed by atoms with Crippen molar-refractivity contribution in [1.82, 2.24) is 0 Å². The topological polar surface area (TPSA) is 67.5 Å². The van der Waals surface area contributed by atoms with E-state index in [0.717, 1.165) is 18.2 Å². The fourth-order valence-electron chi connectivity index (χ4n) is 1.31. The van der Waals surface area contributed by atoms with Gasteiger partial charge < -0.3 is 9.52 Å². The average Bonchev–Trinajstić information content (AvgIpc) is 2.18. The van der Waals surface area contributed by atoms with Gasteiger partial charge >= 0.3 is 11.6 Å². The molecule has 1 heterocycles. The van der Waals surface area contributed by atoms with Crippen LogP contribution < -0.4 is 5.63 Å². The molecule has 4 nitrogen and oxygen atoms in total. The highest BCUT2D eigenvalue weighted by Gasteiger charge is 2.14. The van der Waals surface area contributed by atoms with Gasteiger partial charge in [0.2, 0.25) is 0 Å². The third-order valence-corrected chi connectivity index (χ3v) is 2.57. The van der Waals surface area contributed by atoms with E-state index in [0.29, 0.717) is 0 Å². The summed E-state index contributed by atoms with van der Waals surface area (Å²) in [6.45, 7) is 0. The molecular formula is C10H4BrFO4. The van der Waals surface area contributed by atoms with Crippen LogP contribution in [-0.4, -0.2) is 11.1 Å². The Kier molecular flexibility index (Phi) is 2.51. The lowest BCUT2D eigenvalue weighted by molar-refractivity contribution is 0.0692. The van der Waals surface area contributed by atoms with E-state index in [9.17, 15) is 14.0 Å². The summed E-state index contributed by atoms with van der Waals surface area (Å²) in [5, 5.41) is 8.91. The minimum Gasteiger partial charge on any atom is -0.477 e. The molecule has 0 bridgehead atoms. The minimum absolute atomic E-state index is 0.122. The highest BCUT2D eigenvalue weighted by Crippen LogP contribution is 2.24. The maximum Gasteiger partial charge on any atom is 0.351 e. The molecule has 0 fully saturated rings. The van der Waals surface area contributed by atoms with Crippen LogP contribution in [0.3, 0.4) is 0 Å². The fraction of sp³-hybridized carbons (Fsp3) is 0. The number of fused-ring (bicyclic) bond motifs is 1. The molecule has 0 radical (unpaired) electrons. The predicted molar refractivity (Wildman–Crippen MR) is 57.1 cm³/mol. The summed E-state index contributed by atoms with van der Waals surface area (Å²) in [5.41, 5.74) is -1.37. The Hall–Kier alpha value is -1.69. The van der Waals surface area contributed by atoms with E-state index in [-0.39, 0.29) is 15.4 Å². The lowest BCUT2D eigenvalue weighted by Crippen LogP contribution is -2.13. The van der Waals surface area contributed by atoms with E-state index in [1.807, 2.05) is 0 Å². The second-order valence-electron chi connectivity index (χ2n) is 3.06. The quantitative estimate of drug-likeness (QED) is 0.818. The van der Waals surface area contributed by atoms with Gasteiger partial charge in [0, 0.05) is 5.39 Å². The van der Waals surface area contributed by atoms with Crippen LogP contribution in [0.25, 0.3) is 11.0 Å². The Morgan fingerprint density at radius 3 is 2.69 bits per heavy atom. The average molecular weight is 287 g/mol. The molecule has 6 heteroatoms. The van der Waals surface area contributed by atoms with Crippen LogP contribution >= 0.6 is 15.9 Å². The largest absolute Gasteiger partial charge is 0.477 e. The van der Waals surface area contributed by atoms with Gasteiger partial charge in [-0.15, -0.1) is 0 Å². The SMILES string of the molecule is O=C(O)c1cc2cc(F)cc(Br)c2oc1=O. The molecule has 2 rings (SSSR count). The third-order valence-electron chi connectivity index (χ3n) is 1.98. The molecule has 82 valence electrons. The van der Waals surface area contributed by atoms with Gasteiger partial charge in [0.05, 0.1) is 4.47 Å². The molecule has 0 saturated carbocycles. The van der Waals surface area contributed by atoms with Gasteiger partial charge in [-0.3, -0.25) is 0 Å². The Labute approximate surface area is 96.4 Å². The second-order valence-corrected chi connectivity index (χ2v) is 3.91. The summed E-state index contributed by atoms with van der Waals surface area (Å²) in [4.78, 5) is 21.9. The molecule has 0 aliphatic rings. The molecule has 1 aromatic heterocycles. The Morgan fingerprint density at radius 2 is 2.06 bits per heavy atom. The summed E-state index contributed by atoms with van der Waals surface area (Å²) < 4.78 is 18.1. The van der Waals surface area contributed by atoms with Crippen molar-refractivity contribution >= 4 is 32.9 Å². The predicted octanol–water partition coefficient (Wildman–Crippen LogP) is 2.39. The summed E-state index contributed by atoms with van der Waals surface area (Å²) in [7, 11) is 0. The molecule has 0 spiro atoms. The summed E-state index contributed by atoms with van der Waals surface area (Å²) >= 11 is 3.02. The third kappa shape index (κ3) is 1.71. The molecule has 0 saturated heterocycles. The summed E-state index contributed by atoms with van der Waals surface area (Å²) in [5.74, 6) is -1.96. The maximum atomic E-state index is 13.0. The van der Waals surface area contributed by atoms with Crippen molar-refractivity contribution in [2.45, 2.75) is 0 Å². The number of benzene rings is 1. The van der Waals surface area contributed by atoms with Crippen molar-refractivity contribution in [2.24, 2.45) is 0 Å². The first kappa shape index (κ1) is 10.8. The van der Waals surface area contributed by atoms with Gasteiger partial charge in [0.15, 0.2) is 5.58 Å². The van der Waals surface area contributed by atoms with Crippen LogP contribution in [0.4, 0.5) is 4.39 Å². The van der Waals surface area contributed by atoms with Crippen molar-refractivity contribution in [3.05, 3.63) is 44.5 Å². The van der Waals surface area contributed by atoms with Crippen LogP contribution in [0.5, 0.6) is 0 Å². The van der Waals surface area contributed by atoms with Crippen LogP contribution in [0.2, 0.25) is 0 Å². The zero-order chi connectivity index (χ0) is 11.9. The number of aromatic carboxylic acids is 1.